The van der Waals surface area contributed by atoms with Crippen molar-refractivity contribution in [2.45, 2.75) is 19.1 Å². The Morgan fingerprint density at radius 1 is 1.20 bits per heavy atom. The highest BCUT2D eigenvalue weighted by molar-refractivity contribution is 7.07. The maximum Gasteiger partial charge on any atom is 0.203 e. The average Bonchev–Trinajstić information content (AvgIpc) is 3.10. The zero-order valence-corrected chi connectivity index (χ0v) is 13.8. The van der Waals surface area contributed by atoms with E-state index in [0.717, 1.165) is 5.56 Å². The van der Waals surface area contributed by atoms with Gasteiger partial charge in [0.15, 0.2) is 23.2 Å². The first-order chi connectivity index (χ1) is 11.9. The minimum atomic E-state index is -1.71. The zero-order chi connectivity index (χ0) is 18.4. The first kappa shape index (κ1) is 19.4. The third kappa shape index (κ3) is 5.25. The lowest BCUT2D eigenvalue weighted by Crippen LogP contribution is -2.35. The standard InChI is InChI=1S/C16H15F4NO3S/c17-10-5-11(18)15(20)16(14(10)19)24-7-13(22)12(21)1-3-23-6-9-2-4-25-8-9/h2,4-5,8,12H,1,3,6-7,21H2. The number of benzene rings is 1. The van der Waals surface area contributed by atoms with Crippen LogP contribution in [-0.4, -0.2) is 25.0 Å². The zero-order valence-electron chi connectivity index (χ0n) is 12.9. The lowest BCUT2D eigenvalue weighted by atomic mass is 10.1. The highest BCUT2D eigenvalue weighted by Gasteiger charge is 2.22. The van der Waals surface area contributed by atoms with E-state index in [1.807, 2.05) is 16.8 Å². The van der Waals surface area contributed by atoms with Crippen molar-refractivity contribution < 1.29 is 31.8 Å². The van der Waals surface area contributed by atoms with Crippen LogP contribution in [0.3, 0.4) is 0 Å². The minimum Gasteiger partial charge on any atom is -0.479 e. The third-order valence-corrected chi connectivity index (χ3v) is 4.00. The Morgan fingerprint density at radius 2 is 1.88 bits per heavy atom. The molecule has 1 atom stereocenters. The van der Waals surface area contributed by atoms with Crippen LogP contribution in [0, 0.1) is 23.3 Å². The lowest BCUT2D eigenvalue weighted by molar-refractivity contribution is -0.122. The first-order valence-electron chi connectivity index (χ1n) is 7.23. The molecule has 1 unspecified atom stereocenters. The van der Waals surface area contributed by atoms with Gasteiger partial charge in [0.1, 0.15) is 6.61 Å². The molecule has 0 aliphatic rings. The number of hydrogen-bond donors (Lipinski definition) is 1. The Balaban J connectivity index is 1.79. The van der Waals surface area contributed by atoms with Crippen LogP contribution in [0.25, 0.3) is 0 Å². The smallest absolute Gasteiger partial charge is 0.203 e. The molecular formula is C16H15F4NO3S. The summed E-state index contributed by atoms with van der Waals surface area (Å²) < 4.78 is 62.8. The van der Waals surface area contributed by atoms with Gasteiger partial charge in [0.2, 0.25) is 11.6 Å². The van der Waals surface area contributed by atoms with Crippen molar-refractivity contribution in [3.05, 3.63) is 51.7 Å². The molecule has 0 radical (unpaired) electrons. The Kier molecular flexibility index (Phi) is 6.91. The summed E-state index contributed by atoms with van der Waals surface area (Å²) in [5.41, 5.74) is 6.63. The summed E-state index contributed by atoms with van der Waals surface area (Å²) in [5.74, 6) is -8.62. The van der Waals surface area contributed by atoms with Crippen molar-refractivity contribution in [3.63, 3.8) is 0 Å². The molecule has 0 aliphatic heterocycles. The number of thiophene rings is 1. The fourth-order valence-electron chi connectivity index (χ4n) is 1.86. The molecule has 0 bridgehead atoms. The van der Waals surface area contributed by atoms with Crippen molar-refractivity contribution in [2.75, 3.05) is 13.2 Å². The van der Waals surface area contributed by atoms with Gasteiger partial charge >= 0.3 is 0 Å². The van der Waals surface area contributed by atoms with Crippen molar-refractivity contribution in [1.29, 1.82) is 0 Å². The van der Waals surface area contributed by atoms with E-state index in [0.29, 0.717) is 6.61 Å². The molecule has 4 nitrogen and oxygen atoms in total. The second-order valence-electron chi connectivity index (χ2n) is 5.13. The molecule has 2 rings (SSSR count). The molecule has 0 amide bonds. The number of Topliss-reactive ketones (excluding diaryl/α,β-unsaturated/α-hetero) is 1. The maximum absolute atomic E-state index is 13.4. The second-order valence-corrected chi connectivity index (χ2v) is 5.91. The van der Waals surface area contributed by atoms with Gasteiger partial charge in [-0.15, -0.1) is 0 Å². The topological polar surface area (TPSA) is 61.5 Å². The number of nitrogens with two attached hydrogens (primary N) is 1. The maximum atomic E-state index is 13.4. The van der Waals surface area contributed by atoms with Crippen LogP contribution >= 0.6 is 11.3 Å². The highest BCUT2D eigenvalue weighted by atomic mass is 32.1. The van der Waals surface area contributed by atoms with Crippen LogP contribution in [0.15, 0.2) is 22.9 Å². The van der Waals surface area contributed by atoms with E-state index in [4.69, 9.17) is 10.5 Å². The van der Waals surface area contributed by atoms with Gasteiger partial charge in [-0.2, -0.15) is 20.1 Å². The van der Waals surface area contributed by atoms with Gasteiger partial charge in [-0.1, -0.05) is 0 Å². The summed E-state index contributed by atoms with van der Waals surface area (Å²) in [7, 11) is 0. The highest BCUT2D eigenvalue weighted by Crippen LogP contribution is 2.26. The minimum absolute atomic E-state index is 0.0515. The SMILES string of the molecule is NC(CCOCc1ccsc1)C(=O)COc1c(F)c(F)cc(F)c1F. The molecule has 2 aromatic rings. The predicted octanol–water partition coefficient (Wildman–Crippen LogP) is 3.19. The molecular weight excluding hydrogens is 362 g/mol. The van der Waals surface area contributed by atoms with Gasteiger partial charge < -0.3 is 15.2 Å². The molecule has 2 N–H and O–H groups in total. The third-order valence-electron chi connectivity index (χ3n) is 3.27. The molecule has 9 heteroatoms. The van der Waals surface area contributed by atoms with Crippen LogP contribution in [0.1, 0.15) is 12.0 Å². The van der Waals surface area contributed by atoms with E-state index in [-0.39, 0.29) is 19.1 Å². The van der Waals surface area contributed by atoms with Gasteiger partial charge in [0, 0.05) is 12.7 Å². The van der Waals surface area contributed by atoms with Crippen LogP contribution in [-0.2, 0) is 16.1 Å². The number of ketones is 1. The predicted molar refractivity (Wildman–Crippen MR) is 83.3 cm³/mol. The van der Waals surface area contributed by atoms with Gasteiger partial charge in [-0.25, -0.2) is 8.78 Å². The Bertz CT molecular complexity index is 698. The van der Waals surface area contributed by atoms with Crippen molar-refractivity contribution in [3.8, 4) is 5.75 Å². The largest absolute Gasteiger partial charge is 0.479 e. The molecule has 0 fully saturated rings. The van der Waals surface area contributed by atoms with Crippen LogP contribution in [0.4, 0.5) is 17.6 Å². The molecule has 0 saturated carbocycles. The molecule has 1 heterocycles. The summed E-state index contributed by atoms with van der Waals surface area (Å²) in [5, 5.41) is 3.82. The fraction of sp³-hybridized carbons (Fsp3) is 0.312. The molecule has 136 valence electrons. The van der Waals surface area contributed by atoms with Gasteiger partial charge in [0.25, 0.3) is 0 Å². The number of halogens is 4. The van der Waals surface area contributed by atoms with E-state index < -0.39 is 47.5 Å². The van der Waals surface area contributed by atoms with Gasteiger partial charge in [0.05, 0.1) is 12.6 Å². The summed E-state index contributed by atoms with van der Waals surface area (Å²) in [6.07, 6.45) is 0.162. The Morgan fingerprint density at radius 3 is 2.48 bits per heavy atom. The Hall–Kier alpha value is -1.97. The molecule has 0 saturated heterocycles. The Labute approximate surface area is 145 Å². The van der Waals surface area contributed by atoms with Crippen molar-refractivity contribution >= 4 is 17.1 Å². The number of ether oxygens (including phenoxy) is 2. The van der Waals surface area contributed by atoms with Crippen molar-refractivity contribution in [1.82, 2.24) is 0 Å². The normalized spacial score (nSPS) is 12.2. The molecule has 0 aliphatic carbocycles. The summed E-state index contributed by atoms with van der Waals surface area (Å²) >= 11 is 1.53. The molecule has 25 heavy (non-hydrogen) atoms. The summed E-state index contributed by atoms with van der Waals surface area (Å²) in [6, 6.07) is 0.952. The van der Waals surface area contributed by atoms with Gasteiger partial charge in [-0.05, 0) is 28.8 Å². The molecule has 0 spiro atoms. The van der Waals surface area contributed by atoms with E-state index in [9.17, 15) is 22.4 Å². The van der Waals surface area contributed by atoms with Crippen LogP contribution in [0.5, 0.6) is 5.75 Å². The van der Waals surface area contributed by atoms with Crippen LogP contribution < -0.4 is 10.5 Å². The summed E-state index contributed by atoms with van der Waals surface area (Å²) in [4.78, 5) is 11.8. The number of carbonyl (C=O) groups is 1. The quantitative estimate of drug-likeness (QED) is 0.414. The second kappa shape index (κ2) is 8.93. The number of rotatable bonds is 9. The van der Waals surface area contributed by atoms with E-state index in [1.54, 1.807) is 0 Å². The lowest BCUT2D eigenvalue weighted by Gasteiger charge is -2.13. The van der Waals surface area contributed by atoms with E-state index in [2.05, 4.69) is 4.74 Å². The average molecular weight is 377 g/mol. The fourth-order valence-corrected chi connectivity index (χ4v) is 2.52. The summed E-state index contributed by atoms with van der Waals surface area (Å²) in [6.45, 7) is -0.248. The van der Waals surface area contributed by atoms with Crippen LogP contribution in [0.2, 0.25) is 0 Å². The number of carbonyl (C=O) groups excluding carboxylic acids is 1. The number of hydrogen-bond acceptors (Lipinski definition) is 5. The molecule has 1 aromatic heterocycles. The molecule has 1 aromatic carbocycles. The monoisotopic (exact) mass is 377 g/mol. The van der Waals surface area contributed by atoms with E-state index >= 15 is 0 Å². The van der Waals surface area contributed by atoms with Gasteiger partial charge in [-0.3, -0.25) is 4.79 Å². The first-order valence-corrected chi connectivity index (χ1v) is 8.17. The van der Waals surface area contributed by atoms with E-state index in [1.165, 1.54) is 11.3 Å². The van der Waals surface area contributed by atoms with Crippen molar-refractivity contribution in [2.24, 2.45) is 5.73 Å².